The van der Waals surface area contributed by atoms with E-state index in [1.807, 2.05) is 0 Å². The van der Waals surface area contributed by atoms with Crippen LogP contribution in [0.3, 0.4) is 0 Å². The van der Waals surface area contributed by atoms with E-state index < -0.39 is 5.67 Å². The number of ketones is 1. The lowest BCUT2D eigenvalue weighted by Crippen LogP contribution is -2.12. The predicted octanol–water partition coefficient (Wildman–Crippen LogP) is 1.63. The first-order valence-corrected chi connectivity index (χ1v) is 4.83. The Labute approximate surface area is 86.8 Å². The van der Waals surface area contributed by atoms with Crippen LogP contribution in [0.15, 0.2) is 12.7 Å². The maximum atomic E-state index is 13.8. The Hall–Kier alpha value is -1.52. The number of allylic oxidation sites excluding steroid dienone is 1. The van der Waals surface area contributed by atoms with Gasteiger partial charge in [0.25, 0.3) is 0 Å². The lowest BCUT2D eigenvalue weighted by atomic mass is 10.1. The molecular weight excluding hydrogens is 197 g/mol. The summed E-state index contributed by atoms with van der Waals surface area (Å²) in [6, 6.07) is 0. The molecule has 1 unspecified atom stereocenters. The van der Waals surface area contributed by atoms with Crippen LogP contribution in [0.25, 0.3) is 0 Å². The smallest absolute Gasteiger partial charge is 0.217 e. The number of halogens is 1. The minimum absolute atomic E-state index is 0.0912. The highest BCUT2D eigenvalue weighted by Gasteiger charge is 2.38. The van der Waals surface area contributed by atoms with Crippen molar-refractivity contribution < 1.29 is 9.18 Å². The summed E-state index contributed by atoms with van der Waals surface area (Å²) in [6.07, 6.45) is 2.05. The SMILES string of the molecule is C=CCC(=O)c1nc2n(n1)CCC2(C)F. The number of nitrogens with zero attached hydrogens (tertiary/aromatic N) is 3. The van der Waals surface area contributed by atoms with Crippen LogP contribution in [0.5, 0.6) is 0 Å². The molecule has 1 aliphatic rings. The number of aryl methyl sites for hydroxylation is 1. The molecule has 1 atom stereocenters. The standard InChI is InChI=1S/C10H12FN3O/c1-3-4-7(15)8-12-9-10(2,11)5-6-14(9)13-8/h3H,1,4-6H2,2H3. The molecule has 2 rings (SSSR count). The number of hydrogen-bond acceptors (Lipinski definition) is 3. The van der Waals surface area contributed by atoms with Gasteiger partial charge in [-0.3, -0.25) is 4.79 Å². The molecule has 0 radical (unpaired) electrons. The maximum Gasteiger partial charge on any atom is 0.217 e. The predicted molar refractivity (Wildman–Crippen MR) is 52.2 cm³/mol. The van der Waals surface area contributed by atoms with Gasteiger partial charge in [0.1, 0.15) is 0 Å². The Morgan fingerprint density at radius 2 is 2.53 bits per heavy atom. The minimum Gasteiger partial charge on any atom is -0.290 e. The molecule has 0 bridgehead atoms. The lowest BCUT2D eigenvalue weighted by Gasteiger charge is -2.08. The van der Waals surface area contributed by atoms with Gasteiger partial charge in [0.05, 0.1) is 0 Å². The van der Waals surface area contributed by atoms with Gasteiger partial charge in [-0.15, -0.1) is 11.7 Å². The zero-order chi connectivity index (χ0) is 11.1. The van der Waals surface area contributed by atoms with Crippen molar-refractivity contribution in [3.63, 3.8) is 0 Å². The van der Waals surface area contributed by atoms with E-state index in [4.69, 9.17) is 0 Å². The molecule has 0 saturated heterocycles. The first-order valence-electron chi connectivity index (χ1n) is 4.83. The molecule has 1 aromatic heterocycles. The van der Waals surface area contributed by atoms with E-state index in [0.717, 1.165) is 0 Å². The topological polar surface area (TPSA) is 47.8 Å². The molecule has 0 spiro atoms. The number of hydrogen-bond donors (Lipinski definition) is 0. The number of carbonyl (C=O) groups is 1. The molecule has 2 heterocycles. The molecule has 0 aliphatic carbocycles. The van der Waals surface area contributed by atoms with E-state index in [-0.39, 0.29) is 23.9 Å². The van der Waals surface area contributed by atoms with E-state index in [9.17, 15) is 9.18 Å². The monoisotopic (exact) mass is 209 g/mol. The van der Waals surface area contributed by atoms with Crippen molar-refractivity contribution >= 4 is 5.78 Å². The largest absolute Gasteiger partial charge is 0.290 e. The van der Waals surface area contributed by atoms with E-state index in [1.54, 1.807) is 0 Å². The molecule has 5 heteroatoms. The fourth-order valence-electron chi connectivity index (χ4n) is 1.65. The fraction of sp³-hybridized carbons (Fsp3) is 0.500. The van der Waals surface area contributed by atoms with Crippen LogP contribution in [0.1, 0.15) is 36.2 Å². The molecule has 1 aromatic rings. The molecule has 0 amide bonds. The number of alkyl halides is 1. The summed E-state index contributed by atoms with van der Waals surface area (Å²) in [5.41, 5.74) is -1.46. The molecule has 1 aliphatic heterocycles. The second-order valence-electron chi connectivity index (χ2n) is 3.85. The first-order chi connectivity index (χ1) is 7.04. The number of aromatic nitrogens is 3. The average Bonchev–Trinajstić information content (AvgIpc) is 2.68. The highest BCUT2D eigenvalue weighted by atomic mass is 19.1. The molecule has 0 N–H and O–H groups in total. The highest BCUT2D eigenvalue weighted by Crippen LogP contribution is 2.33. The van der Waals surface area contributed by atoms with Crippen molar-refractivity contribution in [2.45, 2.75) is 32.0 Å². The van der Waals surface area contributed by atoms with Crippen LogP contribution in [0.2, 0.25) is 0 Å². The normalized spacial score (nSPS) is 23.9. The molecular formula is C10H12FN3O. The summed E-state index contributed by atoms with van der Waals surface area (Å²) in [6.45, 7) is 5.40. The van der Waals surface area contributed by atoms with Gasteiger partial charge in [0, 0.05) is 19.4 Å². The van der Waals surface area contributed by atoms with E-state index in [0.29, 0.717) is 13.0 Å². The number of rotatable bonds is 3. The molecule has 0 fully saturated rings. The van der Waals surface area contributed by atoms with Crippen molar-refractivity contribution in [1.29, 1.82) is 0 Å². The van der Waals surface area contributed by atoms with Crippen molar-refractivity contribution in [2.24, 2.45) is 0 Å². The number of Topliss-reactive ketones (excluding diaryl/α,β-unsaturated/α-hetero) is 1. The van der Waals surface area contributed by atoms with Gasteiger partial charge in [-0.25, -0.2) is 14.1 Å². The van der Waals surface area contributed by atoms with Crippen LogP contribution in [-0.2, 0) is 12.2 Å². The van der Waals surface area contributed by atoms with Gasteiger partial charge in [-0.05, 0) is 6.92 Å². The molecule has 80 valence electrons. The van der Waals surface area contributed by atoms with Gasteiger partial charge in [-0.2, -0.15) is 0 Å². The van der Waals surface area contributed by atoms with Gasteiger partial charge in [-0.1, -0.05) is 6.08 Å². The maximum absolute atomic E-state index is 13.8. The van der Waals surface area contributed by atoms with Crippen LogP contribution in [-0.4, -0.2) is 20.5 Å². The van der Waals surface area contributed by atoms with Gasteiger partial charge >= 0.3 is 0 Å². The molecule has 0 aromatic carbocycles. The summed E-state index contributed by atoms with van der Waals surface area (Å²) in [5, 5.41) is 3.97. The summed E-state index contributed by atoms with van der Waals surface area (Å²) < 4.78 is 15.3. The van der Waals surface area contributed by atoms with Crippen molar-refractivity contribution in [3.05, 3.63) is 24.3 Å². The third-order valence-electron chi connectivity index (χ3n) is 2.51. The number of carbonyl (C=O) groups excluding carboxylic acids is 1. The Kier molecular flexibility index (Phi) is 2.17. The quantitative estimate of drug-likeness (QED) is 0.561. The highest BCUT2D eigenvalue weighted by molar-refractivity contribution is 5.93. The first kappa shape index (κ1) is 10.0. The van der Waals surface area contributed by atoms with Gasteiger partial charge in [0.15, 0.2) is 11.5 Å². The minimum atomic E-state index is -1.46. The summed E-state index contributed by atoms with van der Waals surface area (Å²) >= 11 is 0. The summed E-state index contributed by atoms with van der Waals surface area (Å²) in [5.74, 6) is 0.131. The third kappa shape index (κ3) is 1.58. The van der Waals surface area contributed by atoms with E-state index in [1.165, 1.54) is 17.7 Å². The molecule has 15 heavy (non-hydrogen) atoms. The third-order valence-corrected chi connectivity index (χ3v) is 2.51. The zero-order valence-electron chi connectivity index (χ0n) is 8.53. The van der Waals surface area contributed by atoms with Crippen molar-refractivity contribution in [1.82, 2.24) is 14.8 Å². The second-order valence-corrected chi connectivity index (χ2v) is 3.85. The second kappa shape index (κ2) is 3.25. The van der Waals surface area contributed by atoms with E-state index >= 15 is 0 Å². The summed E-state index contributed by atoms with van der Waals surface area (Å²) in [4.78, 5) is 15.4. The molecule has 4 nitrogen and oxygen atoms in total. The Balaban J connectivity index is 2.32. The van der Waals surface area contributed by atoms with Crippen LogP contribution in [0.4, 0.5) is 4.39 Å². The Bertz CT molecular complexity index is 422. The molecule has 0 saturated carbocycles. The fourth-order valence-corrected chi connectivity index (χ4v) is 1.65. The Morgan fingerprint density at radius 3 is 3.13 bits per heavy atom. The van der Waals surface area contributed by atoms with Gasteiger partial charge < -0.3 is 0 Å². The Morgan fingerprint density at radius 1 is 1.80 bits per heavy atom. The van der Waals surface area contributed by atoms with Crippen LogP contribution >= 0.6 is 0 Å². The van der Waals surface area contributed by atoms with Crippen molar-refractivity contribution in [3.8, 4) is 0 Å². The number of fused-ring (bicyclic) bond motifs is 1. The van der Waals surface area contributed by atoms with Crippen LogP contribution < -0.4 is 0 Å². The zero-order valence-corrected chi connectivity index (χ0v) is 8.53. The van der Waals surface area contributed by atoms with Crippen LogP contribution in [0, 0.1) is 0 Å². The van der Waals surface area contributed by atoms with E-state index in [2.05, 4.69) is 16.7 Å². The lowest BCUT2D eigenvalue weighted by molar-refractivity contribution is 0.0985. The van der Waals surface area contributed by atoms with Crippen molar-refractivity contribution in [2.75, 3.05) is 0 Å². The average molecular weight is 209 g/mol. The van der Waals surface area contributed by atoms with Gasteiger partial charge in [0.2, 0.25) is 11.6 Å². The summed E-state index contributed by atoms with van der Waals surface area (Å²) in [7, 11) is 0.